The van der Waals surface area contributed by atoms with Gasteiger partial charge in [0, 0.05) is 143 Å². The first kappa shape index (κ1) is 31.5. The Morgan fingerprint density at radius 1 is 0.845 bits per heavy atom. The number of H-pyrrole nitrogens is 1. The zero-order valence-electron chi connectivity index (χ0n) is 70.4. The standard InChI is InChI=1S/2C11H17N3.C8H13N3.C3H3IN2.C2H3NO.C2H3NS.5CH4.20H2/c1-4-12-11-9-6-5-7-10(9)14(13-11)8(2)3;1-4-12-11-9-6-5-7-10(9)13-14(11)8(2)3;1-2-9-8-6-4-3-5-7(6)10-11-8;4-6-2-1-5-3-6;2*1-3-2-4;;;;;;;;;;;;;;;;;;;;;;;;;/h2,4-7H2,1,3H3,(H,12,13);12H,2,4-7H2,1,3H3;2-5H2,1H3,(H2,9,10,11);1-3H;2*1H3;5*1H4;20*1H/i;;;;;;;;;;;19*1+2T;1+2. The summed E-state index contributed by atoms with van der Waals surface area (Å²) in [6.07, 6.45) is 17.4. The molecule has 3 aliphatic carbocycles. The van der Waals surface area contributed by atoms with Crippen LogP contribution in [-0.2, 0) is 43.3 Å². The van der Waals surface area contributed by atoms with E-state index in [4.69, 9.17) is 61.2 Å². The Hall–Kier alpha value is -4.37. The summed E-state index contributed by atoms with van der Waals surface area (Å²) in [4.78, 5) is 18.9. The van der Waals surface area contributed by atoms with E-state index in [1.807, 2.05) is 32.2 Å². The quantitative estimate of drug-likeness (QED) is 0.0583. The third kappa shape index (κ3) is 18.5. The molecule has 0 amide bonds. The van der Waals surface area contributed by atoms with Gasteiger partial charge in [0.2, 0.25) is 6.08 Å². The minimum Gasteiger partial charge on any atom is -0.370 e. The first-order valence-electron chi connectivity index (χ1n) is 37.0. The predicted molar refractivity (Wildman–Crippen MR) is 306 cm³/mol. The number of aromatic nitrogens is 8. The molecule has 0 atom stereocenters. The minimum absolute atomic E-state index is 0. The smallest absolute Gasteiger partial charge is 0.234 e. The van der Waals surface area contributed by atoms with Gasteiger partial charge in [0.15, 0.2) is 11.6 Å². The molecule has 16 heteroatoms. The molecule has 0 saturated carbocycles. The molecule has 4 aromatic heterocycles. The molecule has 0 saturated heterocycles. The van der Waals surface area contributed by atoms with Gasteiger partial charge in [0.1, 0.15) is 12.1 Å². The number of nitrogens with zero attached hydrogens (tertiary/aromatic N) is 9. The lowest BCUT2D eigenvalue weighted by Gasteiger charge is -2.09. The van der Waals surface area contributed by atoms with Crippen LogP contribution in [0.1, 0.15) is 183 Å². The predicted octanol–water partition coefficient (Wildman–Crippen LogP) is 15.8. The normalized spacial score (nSPS) is 13.8. The van der Waals surface area contributed by atoms with Gasteiger partial charge in [-0.3, -0.25) is 7.88 Å². The molecule has 3 aliphatic rings. The maximum Gasteiger partial charge on any atom is 0.234 e. The first-order chi connectivity index (χ1) is 44.6. The number of hydrogen-bond acceptors (Lipinski definition) is 11. The maximum atomic E-state index is 8.88. The topological polar surface area (TPSA) is 160 Å². The average Bonchev–Trinajstić information content (AvgIpc) is 1.67. The Kier molecular flexibility index (Phi) is 18.3. The van der Waals surface area contributed by atoms with Gasteiger partial charge in [-0.25, -0.2) is 29.1 Å². The van der Waals surface area contributed by atoms with Crippen LogP contribution < -0.4 is 16.0 Å². The number of anilines is 3. The van der Waals surface area contributed by atoms with E-state index in [0.29, 0.717) is 0 Å². The van der Waals surface area contributed by atoms with Gasteiger partial charge in [-0.2, -0.15) is 15.3 Å². The van der Waals surface area contributed by atoms with Crippen molar-refractivity contribution in [3.8, 4) is 0 Å². The van der Waals surface area contributed by atoms with Crippen LogP contribution in [0.3, 0.4) is 0 Å². The Morgan fingerprint density at radius 2 is 1.38 bits per heavy atom. The average molecular weight is 1060 g/mol. The largest absolute Gasteiger partial charge is 0.370 e. The molecule has 7 rings (SSSR count). The minimum atomic E-state index is 0. The number of allylic oxidation sites excluding steroid dienone is 2. The van der Waals surface area contributed by atoms with Gasteiger partial charge < -0.3 is 16.0 Å². The van der Waals surface area contributed by atoms with Crippen molar-refractivity contribution in [2.45, 2.75) is 130 Å². The lowest BCUT2D eigenvalue weighted by atomic mass is 10.2. The van der Waals surface area contributed by atoms with Gasteiger partial charge >= 0.3 is 0 Å². The van der Waals surface area contributed by atoms with Crippen molar-refractivity contribution >= 4 is 75.2 Å². The molecular formula is C42H116IN13OS. The van der Waals surface area contributed by atoms with Crippen molar-refractivity contribution in [3.63, 3.8) is 0 Å². The van der Waals surface area contributed by atoms with Crippen molar-refractivity contribution in [2.24, 2.45) is 9.98 Å². The Morgan fingerprint density at radius 3 is 1.86 bits per heavy atom. The van der Waals surface area contributed by atoms with Gasteiger partial charge in [0.25, 0.3) is 0 Å². The van der Waals surface area contributed by atoms with Crippen LogP contribution in [0, 0.1) is 0 Å². The second-order valence-electron chi connectivity index (χ2n) is 12.1. The van der Waals surface area contributed by atoms with E-state index in [2.05, 4.69) is 125 Å². The summed E-state index contributed by atoms with van der Waals surface area (Å²) >= 11 is 6.27. The van der Waals surface area contributed by atoms with E-state index >= 15 is 0 Å². The zero-order chi connectivity index (χ0) is 77.2. The number of fused-ring (bicyclic) bond motifs is 3. The highest BCUT2D eigenvalue weighted by atomic mass is 127. The molecule has 4 aromatic rings. The summed E-state index contributed by atoms with van der Waals surface area (Å²) in [6, 6.07) is 0. The van der Waals surface area contributed by atoms with Crippen LogP contribution in [-0.4, -0.2) is 82.5 Å². The fourth-order valence-electron chi connectivity index (χ4n) is 5.96. The number of aryl methyl sites for hydroxylation is 2. The van der Waals surface area contributed by atoms with Gasteiger partial charge in [-0.1, -0.05) is 50.3 Å². The van der Waals surface area contributed by atoms with Crippen LogP contribution in [0.4, 0.5) is 17.5 Å². The second kappa shape index (κ2) is 33.6. The van der Waals surface area contributed by atoms with Gasteiger partial charge in [-0.05, 0) is 105 Å². The van der Waals surface area contributed by atoms with Crippen LogP contribution in [0.5, 0.6) is 0 Å². The molecule has 14 nitrogen and oxygen atoms in total. The molecule has 58 heavy (non-hydrogen) atoms. The molecule has 0 aromatic carbocycles. The highest BCUT2D eigenvalue weighted by Crippen LogP contribution is 2.31. The molecule has 0 bridgehead atoms. The third-order valence-electron chi connectivity index (χ3n) is 8.05. The van der Waals surface area contributed by atoms with Crippen LogP contribution in [0.2, 0.25) is 0 Å². The maximum absolute atomic E-state index is 8.88. The number of nitrogens with one attached hydrogen (secondary N) is 4. The highest BCUT2D eigenvalue weighted by Gasteiger charge is 2.23. The van der Waals surface area contributed by atoms with E-state index in [1.165, 1.54) is 79.0 Å². The number of carbonyl (C=O) groups excluding carboxylic acids is 1. The molecule has 0 fully saturated rings. The third-order valence-corrected chi connectivity index (χ3v) is 8.81. The summed E-state index contributed by atoms with van der Waals surface area (Å²) in [5.41, 5.74) is 10.1. The number of aliphatic imine (C=N–C) groups is 2. The number of isocyanates is 1. The monoisotopic (exact) mass is 1060 g/mol. The molecule has 0 unspecified atom stereocenters. The molecule has 0 spiro atoms. The van der Waals surface area contributed by atoms with Crippen LogP contribution in [0.15, 0.2) is 41.9 Å². The summed E-state index contributed by atoms with van der Waals surface area (Å²) in [5.74, 6) is 3.29. The first-order valence-corrected chi connectivity index (χ1v) is 19.4. The number of aromatic amines is 1. The van der Waals surface area contributed by atoms with Crippen molar-refractivity contribution in [1.29, 1.82) is 0 Å². The molecule has 368 valence electrons. The Labute approximate surface area is 430 Å². The second-order valence-corrected chi connectivity index (χ2v) is 13.4. The summed E-state index contributed by atoms with van der Waals surface area (Å²) < 4.78 is 196. The number of hydrogen-bond donors (Lipinski definition) is 4. The van der Waals surface area contributed by atoms with Crippen molar-refractivity contribution in [1.82, 2.24) is 37.5 Å². The van der Waals surface area contributed by atoms with Crippen molar-refractivity contribution in [2.75, 3.05) is 49.7 Å². The lowest BCUT2D eigenvalue weighted by molar-refractivity contribution is 0.564. The van der Waals surface area contributed by atoms with Crippen molar-refractivity contribution in [3.05, 3.63) is 65.7 Å². The summed E-state index contributed by atoms with van der Waals surface area (Å²) in [6.45, 7) is 21.0. The van der Waals surface area contributed by atoms with E-state index in [9.17, 15) is 0 Å². The number of imidazole rings is 1. The molecule has 4 heterocycles. The molecular weight excluding hydrogens is 862 g/mol. The highest BCUT2D eigenvalue weighted by molar-refractivity contribution is 14.1. The molecule has 4 N–H and O–H groups in total. The fraction of sp³-hybridized carbons (Fsp3) is 0.571. The number of isothiocyanates is 1. The van der Waals surface area contributed by atoms with E-state index in [0.717, 1.165) is 74.2 Å². The number of rotatable bonds is 8. The number of halogens is 1. The van der Waals surface area contributed by atoms with E-state index in [-0.39, 0.29) is 38.6 Å². The summed E-state index contributed by atoms with van der Waals surface area (Å²) in [7, 11) is 2.97. The SMILES string of the molecule is C.C.C.C.C.C=C(C)n1nc(NCC)c2c1CCC2.C=C(C)n1nc2c(c1NCC)CCC2.CCNc1n[nH]c2c1CCC2.CN=C=O.CN=C=S.In1ccnc1.[3HH].[3H][3H].[3H][3H].[3H][3H].[3H][3H].[3H][3H].[3H][3H].[3H][3H].[3H][3H].[3H][3H].[3H][3H].[3H][3H].[3H][3H].[3H][3H].[3H][3H].[3H][3H].[3H][3H].[3H][3H].[3H][3H].[3H][3H]. The summed E-state index contributed by atoms with van der Waals surface area (Å²) in [5, 5.41) is 28.4. The lowest BCUT2D eigenvalue weighted by Crippen LogP contribution is -2.07. The molecule has 0 radical (unpaired) electrons. The van der Waals surface area contributed by atoms with Gasteiger partial charge in [0.05, 0.1) is 33.7 Å². The Balaban J connectivity index is -0.0000000276. The van der Waals surface area contributed by atoms with Crippen LogP contribution >= 0.6 is 35.1 Å². The zero-order valence-corrected chi connectivity index (χ0v) is 35.3. The van der Waals surface area contributed by atoms with Crippen LogP contribution in [0.25, 0.3) is 11.4 Å². The van der Waals surface area contributed by atoms with Gasteiger partial charge in [-0.15, -0.1) is 0 Å². The van der Waals surface area contributed by atoms with E-state index in [1.54, 1.807) is 19.6 Å². The fourth-order valence-corrected chi connectivity index (χ4v) is 6.24. The van der Waals surface area contributed by atoms with E-state index < -0.39 is 0 Å². The number of thiocarbonyl (C=S) groups is 1. The molecule has 0 aliphatic heterocycles. The van der Waals surface area contributed by atoms with Crippen molar-refractivity contribution < 1.29 is 62.6 Å². The Bertz CT molecular complexity index is 1890.